The van der Waals surface area contributed by atoms with Crippen LogP contribution in [-0.4, -0.2) is 16.1 Å². The number of nitrogens with one attached hydrogen (secondary N) is 2. The molecule has 0 bridgehead atoms. The first kappa shape index (κ1) is 16.5. The fraction of sp³-hybridized carbons (Fsp3) is 0.125. The normalized spacial score (nSPS) is 10.1. The second-order valence-electron chi connectivity index (χ2n) is 4.62. The number of anilines is 1. The first-order valence-electron chi connectivity index (χ1n) is 6.69. The second-order valence-corrected chi connectivity index (χ2v) is 5.95. The molecule has 0 aromatic heterocycles. The number of carbonyl (C=O) groups is 1. The molecule has 4 nitrogen and oxygen atoms in total. The van der Waals surface area contributed by atoms with Crippen molar-refractivity contribution in [1.82, 2.24) is 5.32 Å². The van der Waals surface area contributed by atoms with Gasteiger partial charge in [0.1, 0.15) is 5.75 Å². The lowest BCUT2D eigenvalue weighted by molar-refractivity contribution is 0.0977. The summed E-state index contributed by atoms with van der Waals surface area (Å²) in [5.74, 6) is -0.235. The van der Waals surface area contributed by atoms with Crippen LogP contribution in [0.3, 0.4) is 0 Å². The van der Waals surface area contributed by atoms with Gasteiger partial charge in [-0.1, -0.05) is 35.0 Å². The van der Waals surface area contributed by atoms with Gasteiger partial charge in [-0.3, -0.25) is 10.1 Å². The average molecular weight is 379 g/mol. The summed E-state index contributed by atoms with van der Waals surface area (Å²) >= 11 is 8.43. The van der Waals surface area contributed by atoms with Crippen molar-refractivity contribution >= 4 is 44.9 Å². The molecule has 0 fully saturated rings. The molecule has 0 atom stereocenters. The number of aromatic hydroxyl groups is 1. The zero-order valence-corrected chi connectivity index (χ0v) is 14.3. The zero-order chi connectivity index (χ0) is 16.1. The maximum atomic E-state index is 12.1. The molecular weight excluding hydrogens is 364 g/mol. The summed E-state index contributed by atoms with van der Waals surface area (Å²) in [5.41, 5.74) is 2.02. The highest BCUT2D eigenvalue weighted by molar-refractivity contribution is 9.10. The molecule has 0 aliphatic heterocycles. The van der Waals surface area contributed by atoms with Crippen LogP contribution < -0.4 is 10.6 Å². The molecule has 3 N–H and O–H groups in total. The Kier molecular flexibility index (Phi) is 5.51. The summed E-state index contributed by atoms with van der Waals surface area (Å²) in [4.78, 5) is 12.1. The van der Waals surface area contributed by atoms with E-state index in [1.807, 2.05) is 19.1 Å². The van der Waals surface area contributed by atoms with Crippen molar-refractivity contribution in [1.29, 1.82) is 0 Å². The summed E-state index contributed by atoms with van der Waals surface area (Å²) in [5, 5.41) is 15.4. The zero-order valence-electron chi connectivity index (χ0n) is 11.9. The number of phenols is 1. The van der Waals surface area contributed by atoms with Gasteiger partial charge in [0.15, 0.2) is 5.11 Å². The van der Waals surface area contributed by atoms with Gasteiger partial charge in [0.25, 0.3) is 5.91 Å². The summed E-state index contributed by atoms with van der Waals surface area (Å²) in [6.07, 6.45) is 0.839. The SMILES string of the molecule is CCc1ccc(O)c(NC(=S)NC(=O)c2cccc(Br)c2)c1. The predicted molar refractivity (Wildman–Crippen MR) is 95.3 cm³/mol. The van der Waals surface area contributed by atoms with Gasteiger partial charge < -0.3 is 10.4 Å². The molecule has 0 radical (unpaired) electrons. The molecule has 6 heteroatoms. The maximum absolute atomic E-state index is 12.1. The van der Waals surface area contributed by atoms with Crippen LogP contribution >= 0.6 is 28.1 Å². The number of phenolic OH excluding ortho intramolecular Hbond substituents is 1. The van der Waals surface area contributed by atoms with E-state index in [9.17, 15) is 9.90 Å². The van der Waals surface area contributed by atoms with Crippen LogP contribution in [0.2, 0.25) is 0 Å². The van der Waals surface area contributed by atoms with Crippen LogP contribution in [0, 0.1) is 0 Å². The second kappa shape index (κ2) is 7.38. The quantitative estimate of drug-likeness (QED) is 0.560. The van der Waals surface area contributed by atoms with Gasteiger partial charge in [-0.05, 0) is 54.5 Å². The average Bonchev–Trinajstić information content (AvgIpc) is 2.49. The van der Waals surface area contributed by atoms with Gasteiger partial charge in [0.2, 0.25) is 0 Å². The van der Waals surface area contributed by atoms with E-state index < -0.39 is 0 Å². The number of benzene rings is 2. The highest BCUT2D eigenvalue weighted by Gasteiger charge is 2.10. The Morgan fingerprint density at radius 2 is 2.05 bits per heavy atom. The van der Waals surface area contributed by atoms with Crippen LogP contribution in [0.15, 0.2) is 46.9 Å². The van der Waals surface area contributed by atoms with E-state index in [-0.39, 0.29) is 16.8 Å². The monoisotopic (exact) mass is 378 g/mol. The topological polar surface area (TPSA) is 61.4 Å². The molecule has 0 heterocycles. The number of hydrogen-bond acceptors (Lipinski definition) is 3. The third-order valence-electron chi connectivity index (χ3n) is 3.03. The lowest BCUT2D eigenvalue weighted by Crippen LogP contribution is -2.34. The Morgan fingerprint density at radius 3 is 2.73 bits per heavy atom. The lowest BCUT2D eigenvalue weighted by Gasteiger charge is -2.12. The minimum Gasteiger partial charge on any atom is -0.506 e. The van der Waals surface area contributed by atoms with Crippen molar-refractivity contribution < 1.29 is 9.90 Å². The van der Waals surface area contributed by atoms with Crippen LogP contribution in [0.4, 0.5) is 5.69 Å². The van der Waals surface area contributed by atoms with Gasteiger partial charge >= 0.3 is 0 Å². The Balaban J connectivity index is 2.05. The van der Waals surface area contributed by atoms with Gasteiger partial charge in [-0.15, -0.1) is 0 Å². The van der Waals surface area contributed by atoms with E-state index in [4.69, 9.17) is 12.2 Å². The van der Waals surface area contributed by atoms with Crippen molar-refractivity contribution in [3.8, 4) is 5.75 Å². The molecule has 114 valence electrons. The van der Waals surface area contributed by atoms with E-state index in [0.29, 0.717) is 11.3 Å². The Hall–Kier alpha value is -1.92. The fourth-order valence-corrected chi connectivity index (χ4v) is 2.46. The van der Waals surface area contributed by atoms with Crippen molar-refractivity contribution in [2.45, 2.75) is 13.3 Å². The van der Waals surface area contributed by atoms with Crippen LogP contribution in [0.25, 0.3) is 0 Å². The Bertz CT molecular complexity index is 719. The van der Waals surface area contributed by atoms with E-state index in [0.717, 1.165) is 16.5 Å². The molecule has 0 spiro atoms. The molecule has 2 rings (SSSR count). The number of thiocarbonyl (C=S) groups is 1. The number of hydrogen-bond donors (Lipinski definition) is 3. The number of rotatable bonds is 3. The van der Waals surface area contributed by atoms with Crippen molar-refractivity contribution in [2.75, 3.05) is 5.32 Å². The third-order valence-corrected chi connectivity index (χ3v) is 3.73. The van der Waals surface area contributed by atoms with Gasteiger partial charge in [0, 0.05) is 10.0 Å². The molecule has 0 saturated carbocycles. The largest absolute Gasteiger partial charge is 0.506 e. The summed E-state index contributed by atoms with van der Waals surface area (Å²) in [7, 11) is 0. The molecule has 1 amide bonds. The number of halogens is 1. The van der Waals surface area contributed by atoms with Gasteiger partial charge in [0.05, 0.1) is 5.69 Å². The smallest absolute Gasteiger partial charge is 0.257 e. The molecular formula is C16H15BrN2O2S. The van der Waals surface area contributed by atoms with Crippen molar-refractivity contribution in [3.63, 3.8) is 0 Å². The van der Waals surface area contributed by atoms with Crippen LogP contribution in [0.1, 0.15) is 22.8 Å². The minimum absolute atomic E-state index is 0.0799. The molecule has 2 aromatic rings. The fourth-order valence-electron chi connectivity index (χ4n) is 1.86. The van der Waals surface area contributed by atoms with Gasteiger partial charge in [-0.2, -0.15) is 0 Å². The molecule has 0 aliphatic carbocycles. The first-order chi connectivity index (χ1) is 10.5. The molecule has 2 aromatic carbocycles. The Labute approximate surface area is 142 Å². The van der Waals surface area contributed by atoms with Crippen molar-refractivity contribution in [3.05, 3.63) is 58.1 Å². The van der Waals surface area contributed by atoms with E-state index in [2.05, 4.69) is 26.6 Å². The van der Waals surface area contributed by atoms with Gasteiger partial charge in [-0.25, -0.2) is 0 Å². The Morgan fingerprint density at radius 1 is 1.27 bits per heavy atom. The lowest BCUT2D eigenvalue weighted by atomic mass is 10.1. The number of amides is 1. The number of carbonyl (C=O) groups excluding carboxylic acids is 1. The highest BCUT2D eigenvalue weighted by Crippen LogP contribution is 2.24. The standard InChI is InChI=1S/C16H15BrN2O2S/c1-2-10-6-7-14(20)13(8-10)18-16(22)19-15(21)11-4-3-5-12(17)9-11/h3-9,20H,2H2,1H3,(H2,18,19,21,22). The summed E-state index contributed by atoms with van der Waals surface area (Å²) in [6.45, 7) is 2.02. The highest BCUT2D eigenvalue weighted by atomic mass is 79.9. The number of aryl methyl sites for hydroxylation is 1. The van der Waals surface area contributed by atoms with E-state index in [1.165, 1.54) is 0 Å². The molecule has 0 unspecified atom stereocenters. The predicted octanol–water partition coefficient (Wildman–Crippen LogP) is 3.84. The minimum atomic E-state index is -0.315. The van der Waals surface area contributed by atoms with Crippen LogP contribution in [0.5, 0.6) is 5.75 Å². The maximum Gasteiger partial charge on any atom is 0.257 e. The van der Waals surface area contributed by atoms with Crippen molar-refractivity contribution in [2.24, 2.45) is 0 Å². The van der Waals surface area contributed by atoms with E-state index >= 15 is 0 Å². The first-order valence-corrected chi connectivity index (χ1v) is 7.89. The van der Waals surface area contributed by atoms with Crippen LogP contribution in [-0.2, 0) is 6.42 Å². The molecule has 0 saturated heterocycles. The summed E-state index contributed by atoms with van der Waals surface area (Å²) in [6, 6.07) is 12.2. The van der Waals surface area contributed by atoms with E-state index in [1.54, 1.807) is 30.3 Å². The summed E-state index contributed by atoms with van der Waals surface area (Å²) < 4.78 is 0.812. The third kappa shape index (κ3) is 4.29. The molecule has 0 aliphatic rings. The molecule has 22 heavy (non-hydrogen) atoms.